The Labute approximate surface area is 111 Å². The zero-order chi connectivity index (χ0) is 12.8. The minimum absolute atomic E-state index is 0.445. The van der Waals surface area contributed by atoms with Crippen molar-refractivity contribution >= 4 is 21.9 Å². The van der Waals surface area contributed by atoms with Crippen LogP contribution in [0.4, 0.5) is 0 Å². The molecule has 0 aliphatic heterocycles. The van der Waals surface area contributed by atoms with Crippen molar-refractivity contribution in [3.63, 3.8) is 0 Å². The lowest BCUT2D eigenvalue weighted by Crippen LogP contribution is -2.42. The highest BCUT2D eigenvalue weighted by atomic mass is 79.9. The number of benzene rings is 1. The van der Waals surface area contributed by atoms with Crippen LogP contribution in [0.1, 0.15) is 19.4 Å². The summed E-state index contributed by atoms with van der Waals surface area (Å²) in [7, 11) is 0. The molecule has 0 heterocycles. The second-order valence-corrected chi connectivity index (χ2v) is 4.82. The third-order valence-electron chi connectivity index (χ3n) is 2.86. The number of halogens is 1. The van der Waals surface area contributed by atoms with E-state index in [2.05, 4.69) is 15.9 Å². The molecule has 1 aromatic carbocycles. The molecule has 0 amide bonds. The number of hydrogen-bond donors (Lipinski definition) is 1. The van der Waals surface area contributed by atoms with Crippen LogP contribution in [0.25, 0.3) is 0 Å². The molecular weight excluding hydrogens is 282 g/mol. The first kappa shape index (κ1) is 14.2. The van der Waals surface area contributed by atoms with Crippen LogP contribution in [0.3, 0.4) is 0 Å². The Bertz CT molecular complexity index is 377. The summed E-state index contributed by atoms with van der Waals surface area (Å²) in [6, 6.07) is 7.36. The van der Waals surface area contributed by atoms with E-state index in [0.717, 1.165) is 23.1 Å². The zero-order valence-electron chi connectivity index (χ0n) is 10.2. The van der Waals surface area contributed by atoms with Crippen molar-refractivity contribution in [3.8, 4) is 0 Å². The number of carboxylic acids is 1. The predicted molar refractivity (Wildman–Crippen MR) is 72.2 cm³/mol. The van der Waals surface area contributed by atoms with Crippen LogP contribution in [0.2, 0.25) is 0 Å². The maximum Gasteiger partial charge on any atom is 0.321 e. The summed E-state index contributed by atoms with van der Waals surface area (Å²) >= 11 is 3.40. The Balaban J connectivity index is 2.83. The van der Waals surface area contributed by atoms with Crippen molar-refractivity contribution < 1.29 is 9.90 Å². The lowest BCUT2D eigenvalue weighted by molar-refractivity contribution is -0.143. The molecule has 0 radical (unpaired) electrons. The van der Waals surface area contributed by atoms with Crippen LogP contribution in [-0.4, -0.2) is 35.1 Å². The Morgan fingerprint density at radius 1 is 1.41 bits per heavy atom. The number of likely N-dealkylation sites (N-methyl/N-ethyl adjacent to an activating group) is 1. The van der Waals surface area contributed by atoms with Crippen molar-refractivity contribution in [2.24, 2.45) is 0 Å². The summed E-state index contributed by atoms with van der Waals surface area (Å²) < 4.78 is 0.985. The van der Waals surface area contributed by atoms with Crippen LogP contribution in [0.15, 0.2) is 28.7 Å². The second kappa shape index (κ2) is 6.77. The minimum atomic E-state index is -0.756. The fraction of sp³-hybridized carbons (Fsp3) is 0.462. The number of carbonyl (C=O) groups is 1. The lowest BCUT2D eigenvalue weighted by atomic mass is 10.0. The fourth-order valence-electron chi connectivity index (χ4n) is 1.92. The first-order valence-electron chi connectivity index (χ1n) is 5.79. The van der Waals surface area contributed by atoms with Gasteiger partial charge in [-0.1, -0.05) is 41.9 Å². The van der Waals surface area contributed by atoms with E-state index < -0.39 is 12.0 Å². The van der Waals surface area contributed by atoms with E-state index in [-0.39, 0.29) is 0 Å². The maximum absolute atomic E-state index is 11.3. The van der Waals surface area contributed by atoms with Gasteiger partial charge in [0.1, 0.15) is 6.04 Å². The Hall–Kier alpha value is -0.870. The molecule has 1 atom stereocenters. The second-order valence-electron chi connectivity index (χ2n) is 3.91. The molecule has 0 saturated heterocycles. The fourth-order valence-corrected chi connectivity index (χ4v) is 2.37. The largest absolute Gasteiger partial charge is 0.480 e. The van der Waals surface area contributed by atoms with Crippen LogP contribution in [-0.2, 0) is 11.2 Å². The van der Waals surface area contributed by atoms with Crippen LogP contribution in [0.5, 0.6) is 0 Å². The maximum atomic E-state index is 11.3. The summed E-state index contributed by atoms with van der Waals surface area (Å²) in [6.45, 7) is 5.48. The Kier molecular flexibility index (Phi) is 5.65. The average Bonchev–Trinajstić information content (AvgIpc) is 2.29. The first-order valence-corrected chi connectivity index (χ1v) is 6.59. The van der Waals surface area contributed by atoms with Gasteiger partial charge in [-0.2, -0.15) is 0 Å². The van der Waals surface area contributed by atoms with E-state index >= 15 is 0 Å². The third-order valence-corrected chi connectivity index (χ3v) is 3.35. The normalized spacial score (nSPS) is 12.7. The summed E-state index contributed by atoms with van der Waals surface area (Å²) in [6.07, 6.45) is 0.538. The highest BCUT2D eigenvalue weighted by Crippen LogP contribution is 2.15. The summed E-state index contributed by atoms with van der Waals surface area (Å²) in [4.78, 5) is 13.3. The summed E-state index contributed by atoms with van der Waals surface area (Å²) in [5.74, 6) is -0.756. The standard InChI is InChI=1S/C13H18BrNO2/c1-3-15(4-2)12(13(16)17)9-10-6-5-7-11(14)8-10/h5-8,12H,3-4,9H2,1-2H3,(H,16,17)/t12-/m0/s1. The summed E-state index contributed by atoms with van der Waals surface area (Å²) in [5.41, 5.74) is 1.04. The number of rotatable bonds is 6. The number of carboxylic acid groups (broad SMARTS) is 1. The molecule has 3 nitrogen and oxygen atoms in total. The molecule has 17 heavy (non-hydrogen) atoms. The van der Waals surface area contributed by atoms with Crippen molar-refractivity contribution in [3.05, 3.63) is 34.3 Å². The number of nitrogens with zero attached hydrogens (tertiary/aromatic N) is 1. The van der Waals surface area contributed by atoms with Gasteiger partial charge < -0.3 is 5.11 Å². The smallest absolute Gasteiger partial charge is 0.321 e. The minimum Gasteiger partial charge on any atom is -0.480 e. The molecule has 1 rings (SSSR count). The molecule has 0 aliphatic carbocycles. The van der Waals surface area contributed by atoms with Gasteiger partial charge in [0.05, 0.1) is 0 Å². The molecule has 0 unspecified atom stereocenters. The van der Waals surface area contributed by atoms with Gasteiger partial charge in [-0.3, -0.25) is 9.69 Å². The average molecular weight is 300 g/mol. The topological polar surface area (TPSA) is 40.5 Å². The molecule has 94 valence electrons. The van der Waals surface area contributed by atoms with Gasteiger partial charge in [0.2, 0.25) is 0 Å². The van der Waals surface area contributed by atoms with Gasteiger partial charge in [0.15, 0.2) is 0 Å². The van der Waals surface area contributed by atoms with E-state index in [1.165, 1.54) is 0 Å². The van der Waals surface area contributed by atoms with Crippen molar-refractivity contribution in [2.75, 3.05) is 13.1 Å². The molecule has 0 bridgehead atoms. The van der Waals surface area contributed by atoms with Crippen LogP contribution >= 0.6 is 15.9 Å². The van der Waals surface area contributed by atoms with E-state index in [1.54, 1.807) is 0 Å². The molecule has 0 spiro atoms. The third kappa shape index (κ3) is 4.13. The van der Waals surface area contributed by atoms with Crippen molar-refractivity contribution in [1.29, 1.82) is 0 Å². The Morgan fingerprint density at radius 3 is 2.53 bits per heavy atom. The quantitative estimate of drug-likeness (QED) is 0.878. The molecule has 0 saturated carbocycles. The first-order chi connectivity index (χ1) is 8.08. The predicted octanol–water partition coefficient (Wildman–Crippen LogP) is 2.79. The van der Waals surface area contributed by atoms with Crippen molar-refractivity contribution in [2.45, 2.75) is 26.3 Å². The SMILES string of the molecule is CCN(CC)[C@@H](Cc1cccc(Br)c1)C(=O)O. The molecule has 4 heteroatoms. The van der Waals surface area contributed by atoms with E-state index in [1.807, 2.05) is 43.0 Å². The monoisotopic (exact) mass is 299 g/mol. The number of aliphatic carboxylic acids is 1. The van der Waals surface area contributed by atoms with Crippen molar-refractivity contribution in [1.82, 2.24) is 4.90 Å². The number of hydrogen-bond acceptors (Lipinski definition) is 2. The van der Waals surface area contributed by atoms with Gasteiger partial charge in [-0.25, -0.2) is 0 Å². The molecule has 1 N–H and O–H groups in total. The van der Waals surface area contributed by atoms with E-state index in [4.69, 9.17) is 0 Å². The molecular formula is C13H18BrNO2. The van der Waals surface area contributed by atoms with E-state index in [0.29, 0.717) is 6.42 Å². The van der Waals surface area contributed by atoms with E-state index in [9.17, 15) is 9.90 Å². The highest BCUT2D eigenvalue weighted by Gasteiger charge is 2.23. The molecule has 0 aliphatic rings. The van der Waals surface area contributed by atoms with Gasteiger partial charge in [-0.15, -0.1) is 0 Å². The van der Waals surface area contributed by atoms with Gasteiger partial charge in [0, 0.05) is 4.47 Å². The van der Waals surface area contributed by atoms with Gasteiger partial charge >= 0.3 is 5.97 Å². The molecule has 0 aromatic heterocycles. The van der Waals surface area contributed by atoms with Crippen LogP contribution in [0, 0.1) is 0 Å². The molecule has 0 fully saturated rings. The highest BCUT2D eigenvalue weighted by molar-refractivity contribution is 9.10. The lowest BCUT2D eigenvalue weighted by Gasteiger charge is -2.26. The van der Waals surface area contributed by atoms with Gasteiger partial charge in [0.25, 0.3) is 0 Å². The Morgan fingerprint density at radius 2 is 2.06 bits per heavy atom. The zero-order valence-corrected chi connectivity index (χ0v) is 11.8. The summed E-state index contributed by atoms with van der Waals surface area (Å²) in [5, 5.41) is 9.28. The van der Waals surface area contributed by atoms with Crippen LogP contribution < -0.4 is 0 Å². The van der Waals surface area contributed by atoms with Gasteiger partial charge in [-0.05, 0) is 37.2 Å². The molecule has 1 aromatic rings.